The molecule has 0 unspecified atom stereocenters. The molecule has 358 valence electrons. The van der Waals surface area contributed by atoms with Gasteiger partial charge in [-0.05, 0) is 42.7 Å². The number of aromatic nitrogens is 2. The Bertz CT molecular complexity index is 1760. The zero-order valence-corrected chi connectivity index (χ0v) is 29.8. The second kappa shape index (κ2) is 18.0. The normalized spacial score (nSPS) is 15.0. The van der Waals surface area contributed by atoms with Crippen LogP contribution in [0.15, 0.2) is 36.7 Å². The van der Waals surface area contributed by atoms with Crippen molar-refractivity contribution in [2.24, 2.45) is 0 Å². The molecule has 1 aromatic heterocycles. The minimum Gasteiger partial charge on any atom is -0.487 e. The molecule has 0 aliphatic carbocycles. The van der Waals surface area contributed by atoms with E-state index >= 15 is 0 Å². The molecule has 62 heavy (non-hydrogen) atoms. The van der Waals surface area contributed by atoms with Crippen LogP contribution in [0.25, 0.3) is 11.4 Å². The maximum atomic E-state index is 14.3. The van der Waals surface area contributed by atoms with Gasteiger partial charge in [0.25, 0.3) is 0 Å². The van der Waals surface area contributed by atoms with E-state index in [1.807, 2.05) is 6.92 Å². The van der Waals surface area contributed by atoms with Crippen LogP contribution in [-0.2, 0) is 25.4 Å². The van der Waals surface area contributed by atoms with Crippen molar-refractivity contribution in [2.45, 2.75) is 118 Å². The fourth-order valence-corrected chi connectivity index (χ4v) is 4.19. The summed E-state index contributed by atoms with van der Waals surface area (Å²) in [6, 6.07) is 3.17. The van der Waals surface area contributed by atoms with Gasteiger partial charge in [-0.25, -0.2) is 28.9 Å². The van der Waals surface area contributed by atoms with Gasteiger partial charge in [0.2, 0.25) is 0 Å². The lowest BCUT2D eigenvalue weighted by atomic mass is 9.98. The summed E-state index contributed by atoms with van der Waals surface area (Å²) in [5.41, 5.74) is 0.767. The Morgan fingerprint density at radius 1 is 0.435 bits per heavy atom. The van der Waals surface area contributed by atoms with Crippen LogP contribution in [0.2, 0.25) is 0 Å². The van der Waals surface area contributed by atoms with Gasteiger partial charge < -0.3 is 4.74 Å². The summed E-state index contributed by atoms with van der Waals surface area (Å²) < 4.78 is 347. The molecular weight excluding hydrogens is 943 g/mol. The Labute approximate surface area is 328 Å². The second-order valence-electron chi connectivity index (χ2n) is 12.3. The van der Waals surface area contributed by atoms with Crippen LogP contribution in [0.3, 0.4) is 0 Å². The molecule has 32 heteroatoms. The highest BCUT2D eigenvalue weighted by atomic mass is 19.4. The number of alkyl halides is 25. The summed E-state index contributed by atoms with van der Waals surface area (Å²) in [6.45, 7) is -1.16. The molecule has 0 spiro atoms. The highest BCUT2D eigenvalue weighted by molar-refractivity contribution is 5.55. The van der Waals surface area contributed by atoms with Gasteiger partial charge in [0.1, 0.15) is 5.75 Å². The van der Waals surface area contributed by atoms with Gasteiger partial charge in [-0.1, -0.05) is 32.6 Å². The number of halogens is 25. The van der Waals surface area contributed by atoms with Gasteiger partial charge in [-0.3, -0.25) is 0 Å². The SMILES string of the molecule is CCCCCCCc1cnc(-c2ccc(OCC(F)(F)C(F)(F)C(F)(F)C(F)(F)C(F)(F)OC(F)(F)C(F)(F)OC(F)(F)C(F)(F)OC(F)(F)C(F)(F)OC(F)(F)F)cc2)nc1. The highest BCUT2D eigenvalue weighted by Gasteiger charge is 2.89. The number of benzene rings is 1. The number of hydrogen-bond donors (Lipinski definition) is 0. The average Bonchev–Trinajstić information content (AvgIpc) is 3.08. The topological polar surface area (TPSA) is 71.9 Å². The Hall–Kier alpha value is -3.81. The zero-order chi connectivity index (χ0) is 48.5. The Balaban J connectivity index is 2.24. The quantitative estimate of drug-likeness (QED) is 0.0766. The monoisotopic (exact) mass is 966 g/mol. The standard InChI is InChI=1S/C30H23F25N2O5/c1-2-3-4-5-6-7-15-12-56-18(57-13-15)16-8-10-17(11-9-16)58-14-19(31,32)20(33,34)21(35,36)22(37,38)23(39,40)59-24(41,42)25(43,44)60-26(45,46)27(47,48)61-28(49,50)29(51,52)62-30(53,54)55/h8-13H,2-7,14H2,1H3. The largest absolute Gasteiger partial charge is 0.527 e. The van der Waals surface area contributed by atoms with E-state index in [1.165, 1.54) is 31.3 Å². The van der Waals surface area contributed by atoms with Gasteiger partial charge in [0.15, 0.2) is 12.4 Å². The maximum Gasteiger partial charge on any atom is 0.527 e. The maximum absolute atomic E-state index is 14.3. The van der Waals surface area contributed by atoms with Crippen molar-refractivity contribution in [1.29, 1.82) is 0 Å². The van der Waals surface area contributed by atoms with Gasteiger partial charge in [-0.15, -0.1) is 13.2 Å². The fraction of sp³-hybridized carbons (Fsp3) is 0.667. The van der Waals surface area contributed by atoms with Crippen molar-refractivity contribution < 1.29 is 133 Å². The van der Waals surface area contributed by atoms with Crippen LogP contribution in [0.4, 0.5) is 110 Å². The predicted molar refractivity (Wildman–Crippen MR) is 150 cm³/mol. The lowest BCUT2D eigenvalue weighted by Crippen LogP contribution is -2.70. The first-order valence-electron chi connectivity index (χ1n) is 16.1. The van der Waals surface area contributed by atoms with Gasteiger partial charge in [0, 0.05) is 18.0 Å². The van der Waals surface area contributed by atoms with E-state index in [0.29, 0.717) is 24.1 Å². The van der Waals surface area contributed by atoms with Crippen LogP contribution in [0.5, 0.6) is 5.75 Å². The predicted octanol–water partition coefficient (Wildman–Crippen LogP) is 12.3. The lowest BCUT2D eigenvalue weighted by Gasteiger charge is -2.40. The number of nitrogens with zero attached hydrogens (tertiary/aromatic N) is 2. The number of aryl methyl sites for hydroxylation is 1. The summed E-state index contributed by atoms with van der Waals surface area (Å²) in [7, 11) is 0. The summed E-state index contributed by atoms with van der Waals surface area (Å²) in [6.07, 6.45) is -55.5. The summed E-state index contributed by atoms with van der Waals surface area (Å²) in [5.74, 6) is -32.9. The second-order valence-corrected chi connectivity index (χ2v) is 12.3. The minimum atomic E-state index is -8.64. The van der Waals surface area contributed by atoms with Crippen molar-refractivity contribution in [3.63, 3.8) is 0 Å². The van der Waals surface area contributed by atoms with E-state index in [2.05, 4.69) is 14.7 Å². The number of unbranched alkanes of at least 4 members (excludes halogenated alkanes) is 4. The molecule has 7 nitrogen and oxygen atoms in total. The Morgan fingerprint density at radius 2 is 0.823 bits per heavy atom. The van der Waals surface area contributed by atoms with Crippen molar-refractivity contribution in [3.05, 3.63) is 42.2 Å². The van der Waals surface area contributed by atoms with E-state index < -0.39 is 85.2 Å². The molecule has 0 amide bonds. The van der Waals surface area contributed by atoms with Crippen molar-refractivity contribution in [2.75, 3.05) is 6.61 Å². The van der Waals surface area contributed by atoms with E-state index in [4.69, 9.17) is 0 Å². The van der Waals surface area contributed by atoms with Gasteiger partial charge in [0.05, 0.1) is 0 Å². The first kappa shape index (κ1) is 54.3. The van der Waals surface area contributed by atoms with Gasteiger partial charge >= 0.3 is 72.8 Å². The van der Waals surface area contributed by atoms with E-state index in [9.17, 15) is 110 Å². The fourth-order valence-electron chi connectivity index (χ4n) is 4.19. The van der Waals surface area contributed by atoms with Crippen molar-refractivity contribution in [1.82, 2.24) is 9.97 Å². The zero-order valence-electron chi connectivity index (χ0n) is 29.8. The molecule has 0 bridgehead atoms. The Kier molecular flexibility index (Phi) is 15.8. The number of rotatable bonds is 24. The first-order chi connectivity index (χ1) is 27.6. The van der Waals surface area contributed by atoms with E-state index in [1.54, 1.807) is 0 Å². The molecule has 0 saturated carbocycles. The molecule has 1 heterocycles. The van der Waals surface area contributed by atoms with Crippen LogP contribution in [0.1, 0.15) is 44.6 Å². The smallest absolute Gasteiger partial charge is 0.487 e. The third-order valence-corrected chi connectivity index (χ3v) is 7.45. The van der Waals surface area contributed by atoms with Crippen LogP contribution >= 0.6 is 0 Å². The van der Waals surface area contributed by atoms with Crippen LogP contribution < -0.4 is 4.74 Å². The van der Waals surface area contributed by atoms with E-state index in [0.717, 1.165) is 44.2 Å². The summed E-state index contributed by atoms with van der Waals surface area (Å²) in [5, 5.41) is 0. The molecule has 2 rings (SSSR count). The molecule has 0 fully saturated rings. The third kappa shape index (κ3) is 11.8. The molecule has 0 aliphatic heterocycles. The first-order valence-corrected chi connectivity index (χ1v) is 16.1. The highest BCUT2D eigenvalue weighted by Crippen LogP contribution is 2.59. The molecule has 0 saturated heterocycles. The van der Waals surface area contributed by atoms with Crippen molar-refractivity contribution >= 4 is 0 Å². The molecule has 1 aromatic carbocycles. The average molecular weight is 966 g/mol. The van der Waals surface area contributed by atoms with Crippen LogP contribution in [-0.4, -0.2) is 89.4 Å². The van der Waals surface area contributed by atoms with Crippen LogP contribution in [0, 0.1) is 0 Å². The summed E-state index contributed by atoms with van der Waals surface area (Å²) in [4.78, 5) is 8.06. The Morgan fingerprint density at radius 3 is 1.23 bits per heavy atom. The molecule has 0 atom stereocenters. The van der Waals surface area contributed by atoms with Gasteiger partial charge in [-0.2, -0.15) is 96.6 Å². The lowest BCUT2D eigenvalue weighted by molar-refractivity contribution is -0.585. The molecule has 0 N–H and O–H groups in total. The number of ether oxygens (including phenoxy) is 5. The van der Waals surface area contributed by atoms with Crippen molar-refractivity contribution in [3.8, 4) is 17.1 Å². The summed E-state index contributed by atoms with van der Waals surface area (Å²) >= 11 is 0. The molecule has 2 aromatic rings. The molecule has 0 radical (unpaired) electrons. The number of hydrogen-bond acceptors (Lipinski definition) is 7. The minimum absolute atomic E-state index is 0.0328. The molecule has 0 aliphatic rings. The third-order valence-electron chi connectivity index (χ3n) is 7.45. The van der Waals surface area contributed by atoms with E-state index in [-0.39, 0.29) is 11.4 Å². The molecular formula is C30H23F25N2O5.